The lowest BCUT2D eigenvalue weighted by Crippen LogP contribution is -2.45. The van der Waals surface area contributed by atoms with Gasteiger partial charge in [-0.2, -0.15) is 11.8 Å². The fraction of sp³-hybridized carbons (Fsp3) is 0.867. The number of hydrogen-bond acceptors (Lipinski definition) is 7. The highest BCUT2D eigenvalue weighted by Crippen LogP contribution is 2.24. The molecule has 23 heavy (non-hydrogen) atoms. The van der Waals surface area contributed by atoms with Crippen molar-refractivity contribution in [2.24, 2.45) is 0 Å². The minimum atomic E-state index is -0.768. The minimum Gasteiger partial charge on any atom is -0.467 e. The van der Waals surface area contributed by atoms with Crippen LogP contribution in [0.3, 0.4) is 0 Å². The van der Waals surface area contributed by atoms with E-state index < -0.39 is 29.5 Å². The molecule has 0 aromatic rings. The normalized spacial score (nSPS) is 21.6. The summed E-state index contributed by atoms with van der Waals surface area (Å²) in [6, 6.07) is -0.768. The molecular formula is C15H27NO6S. The second kappa shape index (κ2) is 8.21. The Bertz CT molecular complexity index is 421. The minimum absolute atomic E-state index is 0.0326. The summed E-state index contributed by atoms with van der Waals surface area (Å²) >= 11 is 1.49. The number of ether oxygens (including phenoxy) is 4. The number of thioether (sulfide) groups is 1. The predicted molar refractivity (Wildman–Crippen MR) is 87.4 cm³/mol. The topological polar surface area (TPSA) is 83.1 Å². The Hall–Kier alpha value is -0.990. The summed E-state index contributed by atoms with van der Waals surface area (Å²) in [5, 5.41) is 2.54. The Labute approximate surface area is 141 Å². The van der Waals surface area contributed by atoms with Gasteiger partial charge in [0.1, 0.15) is 11.6 Å². The predicted octanol–water partition coefficient (Wildman–Crippen LogP) is 1.94. The molecule has 1 amide bonds. The zero-order valence-electron chi connectivity index (χ0n) is 14.6. The quantitative estimate of drug-likeness (QED) is 0.734. The number of methoxy groups -OCH3 is 1. The fourth-order valence-electron chi connectivity index (χ4n) is 1.92. The third-order valence-electron chi connectivity index (χ3n) is 2.83. The maximum atomic E-state index is 11.8. The number of carbonyl (C=O) groups is 2. The van der Waals surface area contributed by atoms with E-state index in [1.165, 1.54) is 18.9 Å². The zero-order chi connectivity index (χ0) is 17.7. The van der Waals surface area contributed by atoms with Gasteiger partial charge in [-0.1, -0.05) is 0 Å². The second-order valence-corrected chi connectivity index (χ2v) is 7.79. The summed E-state index contributed by atoms with van der Waals surface area (Å²) in [6.45, 7) is 9.51. The van der Waals surface area contributed by atoms with E-state index in [2.05, 4.69) is 5.32 Å². The van der Waals surface area contributed by atoms with Crippen molar-refractivity contribution in [1.29, 1.82) is 0 Å². The summed E-state index contributed by atoms with van der Waals surface area (Å²) in [4.78, 5) is 23.6. The van der Waals surface area contributed by atoms with E-state index in [9.17, 15) is 9.59 Å². The van der Waals surface area contributed by atoms with Gasteiger partial charge in [0, 0.05) is 11.5 Å². The average Bonchev–Trinajstić information content (AvgIpc) is 2.74. The summed E-state index contributed by atoms with van der Waals surface area (Å²) in [6.07, 6.45) is -0.676. The van der Waals surface area contributed by atoms with Gasteiger partial charge in [0.05, 0.1) is 19.8 Å². The van der Waals surface area contributed by atoms with Gasteiger partial charge >= 0.3 is 12.1 Å². The van der Waals surface area contributed by atoms with Crippen LogP contribution >= 0.6 is 11.8 Å². The fourth-order valence-corrected chi connectivity index (χ4v) is 2.94. The van der Waals surface area contributed by atoms with Crippen LogP contribution in [0.15, 0.2) is 0 Å². The first-order valence-electron chi connectivity index (χ1n) is 7.49. The lowest BCUT2D eigenvalue weighted by atomic mass is 10.2. The van der Waals surface area contributed by atoms with Gasteiger partial charge in [-0.25, -0.2) is 9.59 Å². The Morgan fingerprint density at radius 3 is 2.52 bits per heavy atom. The first-order valence-corrected chi connectivity index (χ1v) is 8.65. The van der Waals surface area contributed by atoms with Crippen molar-refractivity contribution >= 4 is 23.8 Å². The van der Waals surface area contributed by atoms with Gasteiger partial charge in [0.25, 0.3) is 0 Å². The van der Waals surface area contributed by atoms with Crippen molar-refractivity contribution in [3.63, 3.8) is 0 Å². The number of alkyl carbamates (subject to hydrolysis) is 1. The summed E-state index contributed by atoms with van der Waals surface area (Å²) in [5.74, 6) is -0.0480. The monoisotopic (exact) mass is 349 g/mol. The summed E-state index contributed by atoms with van der Waals surface area (Å²) in [7, 11) is 1.28. The standard InChI is InChI=1S/C15H27NO6S/c1-14(2,3)22-13(18)16-11(12(17)19-6)9-23-8-10-7-20-15(4,5)21-10/h10-11H,7-9H2,1-6H3,(H,16,18)/t10-,11+/m1/s1. The molecule has 0 radical (unpaired) electrons. The van der Waals surface area contributed by atoms with Crippen LogP contribution in [-0.4, -0.2) is 60.8 Å². The van der Waals surface area contributed by atoms with E-state index in [0.717, 1.165) is 0 Å². The van der Waals surface area contributed by atoms with Crippen LogP contribution in [-0.2, 0) is 23.7 Å². The Kier molecular flexibility index (Phi) is 7.16. The van der Waals surface area contributed by atoms with E-state index in [4.69, 9.17) is 18.9 Å². The highest BCUT2D eigenvalue weighted by molar-refractivity contribution is 7.99. The molecule has 7 nitrogen and oxygen atoms in total. The van der Waals surface area contributed by atoms with Crippen molar-refractivity contribution in [3.8, 4) is 0 Å². The van der Waals surface area contributed by atoms with Crippen LogP contribution < -0.4 is 5.32 Å². The van der Waals surface area contributed by atoms with E-state index in [0.29, 0.717) is 18.1 Å². The van der Waals surface area contributed by atoms with Crippen molar-refractivity contribution in [3.05, 3.63) is 0 Å². The van der Waals surface area contributed by atoms with Gasteiger partial charge in [-0.05, 0) is 34.6 Å². The van der Waals surface area contributed by atoms with Crippen molar-refractivity contribution < 1.29 is 28.5 Å². The molecule has 8 heteroatoms. The maximum Gasteiger partial charge on any atom is 0.408 e. The molecule has 0 saturated carbocycles. The Morgan fingerprint density at radius 2 is 2.04 bits per heavy atom. The van der Waals surface area contributed by atoms with E-state index in [1.807, 2.05) is 13.8 Å². The number of nitrogens with one attached hydrogen (secondary N) is 1. The van der Waals surface area contributed by atoms with Gasteiger partial charge in [0.2, 0.25) is 0 Å². The molecule has 0 aliphatic carbocycles. The van der Waals surface area contributed by atoms with E-state index in [-0.39, 0.29) is 6.10 Å². The van der Waals surface area contributed by atoms with Crippen LogP contribution in [0.1, 0.15) is 34.6 Å². The molecule has 134 valence electrons. The number of amides is 1. The largest absolute Gasteiger partial charge is 0.467 e. The number of rotatable bonds is 6. The SMILES string of the molecule is COC(=O)[C@H](CSC[C@H]1COC(C)(C)O1)NC(=O)OC(C)(C)C. The van der Waals surface area contributed by atoms with Crippen molar-refractivity contribution in [2.75, 3.05) is 25.2 Å². The van der Waals surface area contributed by atoms with Crippen molar-refractivity contribution in [1.82, 2.24) is 5.32 Å². The summed E-state index contributed by atoms with van der Waals surface area (Å²) in [5.41, 5.74) is -0.626. The molecule has 1 aliphatic rings. The van der Waals surface area contributed by atoms with E-state index in [1.54, 1.807) is 20.8 Å². The van der Waals surface area contributed by atoms with Crippen LogP contribution in [0.2, 0.25) is 0 Å². The molecule has 0 unspecified atom stereocenters. The molecule has 1 saturated heterocycles. The molecule has 1 aliphatic heterocycles. The molecule has 1 N–H and O–H groups in total. The number of esters is 1. The van der Waals surface area contributed by atoms with Gasteiger partial charge in [-0.15, -0.1) is 0 Å². The third-order valence-corrected chi connectivity index (χ3v) is 4.01. The molecule has 0 aromatic heterocycles. The molecule has 1 rings (SSSR count). The zero-order valence-corrected chi connectivity index (χ0v) is 15.5. The molecule has 0 spiro atoms. The lowest BCUT2D eigenvalue weighted by molar-refractivity contribution is -0.142. The van der Waals surface area contributed by atoms with Crippen molar-refractivity contribution in [2.45, 2.75) is 58.2 Å². The molecule has 2 atom stereocenters. The first kappa shape index (κ1) is 20.1. The van der Waals surface area contributed by atoms with Crippen LogP contribution in [0.25, 0.3) is 0 Å². The van der Waals surface area contributed by atoms with Crippen LogP contribution in [0.5, 0.6) is 0 Å². The summed E-state index contributed by atoms with van der Waals surface area (Å²) < 4.78 is 21.1. The molecular weight excluding hydrogens is 322 g/mol. The number of hydrogen-bond donors (Lipinski definition) is 1. The highest BCUT2D eigenvalue weighted by atomic mass is 32.2. The second-order valence-electron chi connectivity index (χ2n) is 6.71. The molecule has 0 bridgehead atoms. The van der Waals surface area contributed by atoms with Crippen LogP contribution in [0, 0.1) is 0 Å². The van der Waals surface area contributed by atoms with Gasteiger partial charge < -0.3 is 24.3 Å². The smallest absolute Gasteiger partial charge is 0.408 e. The first-order chi connectivity index (χ1) is 10.5. The average molecular weight is 349 g/mol. The molecule has 1 fully saturated rings. The lowest BCUT2D eigenvalue weighted by Gasteiger charge is -2.22. The highest BCUT2D eigenvalue weighted by Gasteiger charge is 2.33. The number of carbonyl (C=O) groups excluding carboxylic acids is 2. The third kappa shape index (κ3) is 7.90. The molecule has 0 aromatic carbocycles. The van der Waals surface area contributed by atoms with Gasteiger partial charge in [-0.3, -0.25) is 0 Å². The maximum absolute atomic E-state index is 11.8. The Balaban J connectivity index is 2.43. The molecule has 1 heterocycles. The Morgan fingerprint density at radius 1 is 1.39 bits per heavy atom. The van der Waals surface area contributed by atoms with Gasteiger partial charge in [0.15, 0.2) is 5.79 Å². The van der Waals surface area contributed by atoms with Crippen LogP contribution in [0.4, 0.5) is 4.79 Å². The van der Waals surface area contributed by atoms with E-state index >= 15 is 0 Å².